The number of aromatic nitrogens is 2. The van der Waals surface area contributed by atoms with Crippen molar-refractivity contribution >= 4 is 11.3 Å². The number of nitrogens with zero attached hydrogens (tertiary/aromatic N) is 2. The zero-order chi connectivity index (χ0) is 13.7. The lowest BCUT2D eigenvalue weighted by Crippen LogP contribution is -2.06. The fourth-order valence-corrected chi connectivity index (χ4v) is 3.10. The molecule has 4 nitrogen and oxygen atoms in total. The van der Waals surface area contributed by atoms with Crippen molar-refractivity contribution in [2.24, 2.45) is 0 Å². The molecule has 0 unspecified atom stereocenters. The van der Waals surface area contributed by atoms with Gasteiger partial charge < -0.3 is 10.1 Å². The van der Waals surface area contributed by atoms with Crippen LogP contribution in [0.25, 0.3) is 10.6 Å². The quantitative estimate of drug-likeness (QED) is 0.881. The van der Waals surface area contributed by atoms with Gasteiger partial charge >= 0.3 is 0 Å². The van der Waals surface area contributed by atoms with Gasteiger partial charge in [0.25, 0.3) is 0 Å². The summed E-state index contributed by atoms with van der Waals surface area (Å²) in [7, 11) is 3.64. The van der Waals surface area contributed by atoms with Crippen molar-refractivity contribution in [3.8, 4) is 10.6 Å². The molecule has 102 valence electrons. The predicted octanol–water partition coefficient (Wildman–Crippen LogP) is 2.63. The van der Waals surface area contributed by atoms with Crippen LogP contribution < -0.4 is 5.32 Å². The van der Waals surface area contributed by atoms with Gasteiger partial charge in [-0.25, -0.2) is 4.98 Å². The van der Waals surface area contributed by atoms with Crippen LogP contribution in [0, 0.1) is 0 Å². The SMILES string of the molecule is CCc1cnccc1-c1nc(COC)c(CNC)s1. The molecule has 2 heterocycles. The Morgan fingerprint density at radius 2 is 2.26 bits per heavy atom. The van der Waals surface area contributed by atoms with Crippen molar-refractivity contribution in [2.45, 2.75) is 26.5 Å². The summed E-state index contributed by atoms with van der Waals surface area (Å²) in [5, 5.41) is 4.23. The maximum Gasteiger partial charge on any atom is 0.124 e. The van der Waals surface area contributed by atoms with Gasteiger partial charge in [-0.15, -0.1) is 11.3 Å². The second kappa shape index (κ2) is 6.75. The van der Waals surface area contributed by atoms with E-state index in [1.807, 2.05) is 25.5 Å². The molecule has 2 rings (SSSR count). The number of rotatable bonds is 6. The van der Waals surface area contributed by atoms with Crippen LogP contribution in [0.2, 0.25) is 0 Å². The van der Waals surface area contributed by atoms with E-state index in [-0.39, 0.29) is 0 Å². The van der Waals surface area contributed by atoms with E-state index in [0.717, 1.165) is 23.7 Å². The topological polar surface area (TPSA) is 47.0 Å². The van der Waals surface area contributed by atoms with Crippen LogP contribution in [0.15, 0.2) is 18.5 Å². The molecule has 0 saturated carbocycles. The Kier molecular flexibility index (Phi) is 5.01. The van der Waals surface area contributed by atoms with Crippen LogP contribution in [0.4, 0.5) is 0 Å². The molecule has 19 heavy (non-hydrogen) atoms. The van der Waals surface area contributed by atoms with Crippen molar-refractivity contribution in [3.05, 3.63) is 34.6 Å². The standard InChI is InChI=1S/C14H19N3OS/c1-4-10-7-16-6-5-11(10)14-17-12(9-18-3)13(19-14)8-15-2/h5-7,15H,4,8-9H2,1-3H3. The molecule has 0 aromatic carbocycles. The van der Waals surface area contributed by atoms with Gasteiger partial charge in [0, 0.05) is 36.5 Å². The lowest BCUT2D eigenvalue weighted by Gasteiger charge is -2.02. The van der Waals surface area contributed by atoms with Gasteiger partial charge in [-0.3, -0.25) is 4.98 Å². The normalized spacial score (nSPS) is 10.9. The first kappa shape index (κ1) is 14.1. The number of aryl methyl sites for hydroxylation is 1. The van der Waals surface area contributed by atoms with Gasteiger partial charge in [0.2, 0.25) is 0 Å². The first-order valence-electron chi connectivity index (χ1n) is 6.35. The van der Waals surface area contributed by atoms with Crippen molar-refractivity contribution in [3.63, 3.8) is 0 Å². The third-order valence-electron chi connectivity index (χ3n) is 2.91. The largest absolute Gasteiger partial charge is 0.378 e. The minimum Gasteiger partial charge on any atom is -0.378 e. The number of thiazole rings is 1. The Morgan fingerprint density at radius 3 is 2.95 bits per heavy atom. The minimum atomic E-state index is 0.556. The second-order valence-electron chi connectivity index (χ2n) is 4.24. The van der Waals surface area contributed by atoms with E-state index in [0.29, 0.717) is 6.61 Å². The molecule has 0 aliphatic carbocycles. The van der Waals surface area contributed by atoms with E-state index < -0.39 is 0 Å². The lowest BCUT2D eigenvalue weighted by molar-refractivity contribution is 0.181. The van der Waals surface area contributed by atoms with Crippen LogP contribution in [0.3, 0.4) is 0 Å². The summed E-state index contributed by atoms with van der Waals surface area (Å²) in [4.78, 5) is 10.1. The Hall–Kier alpha value is -1.30. The summed E-state index contributed by atoms with van der Waals surface area (Å²) in [6.45, 7) is 3.52. The number of ether oxygens (including phenoxy) is 1. The first-order valence-corrected chi connectivity index (χ1v) is 7.17. The minimum absolute atomic E-state index is 0.556. The molecule has 0 saturated heterocycles. The molecule has 0 amide bonds. The van der Waals surface area contributed by atoms with Gasteiger partial charge in [0.1, 0.15) is 5.01 Å². The molecule has 0 radical (unpaired) electrons. The van der Waals surface area contributed by atoms with Crippen molar-refractivity contribution in [2.75, 3.05) is 14.2 Å². The molecule has 0 aliphatic rings. The molecule has 0 fully saturated rings. The zero-order valence-electron chi connectivity index (χ0n) is 11.6. The lowest BCUT2D eigenvalue weighted by atomic mass is 10.1. The van der Waals surface area contributed by atoms with E-state index in [1.54, 1.807) is 18.4 Å². The van der Waals surface area contributed by atoms with Crippen LogP contribution in [-0.4, -0.2) is 24.1 Å². The monoisotopic (exact) mass is 277 g/mol. The molecule has 0 aliphatic heterocycles. The summed E-state index contributed by atoms with van der Waals surface area (Å²) in [5.41, 5.74) is 3.44. The van der Waals surface area contributed by atoms with Gasteiger partial charge in [0.15, 0.2) is 0 Å². The van der Waals surface area contributed by atoms with E-state index in [1.165, 1.54) is 16.0 Å². The highest BCUT2D eigenvalue weighted by Crippen LogP contribution is 2.30. The first-order chi connectivity index (χ1) is 9.30. The summed E-state index contributed by atoms with van der Waals surface area (Å²) >= 11 is 1.73. The molecule has 0 spiro atoms. The second-order valence-corrected chi connectivity index (χ2v) is 5.32. The van der Waals surface area contributed by atoms with Crippen LogP contribution >= 0.6 is 11.3 Å². The van der Waals surface area contributed by atoms with Crippen LogP contribution in [0.5, 0.6) is 0 Å². The predicted molar refractivity (Wildman–Crippen MR) is 78.2 cm³/mol. The van der Waals surface area contributed by atoms with Gasteiger partial charge in [0.05, 0.1) is 12.3 Å². The highest BCUT2D eigenvalue weighted by atomic mass is 32.1. The third kappa shape index (κ3) is 3.18. The van der Waals surface area contributed by atoms with Gasteiger partial charge in [-0.2, -0.15) is 0 Å². The Morgan fingerprint density at radius 1 is 1.42 bits per heavy atom. The smallest absolute Gasteiger partial charge is 0.124 e. The van der Waals surface area contributed by atoms with Crippen LogP contribution in [-0.2, 0) is 24.3 Å². The Labute approximate surface area is 117 Å². The highest BCUT2D eigenvalue weighted by Gasteiger charge is 2.14. The van der Waals surface area contributed by atoms with Crippen molar-refractivity contribution < 1.29 is 4.74 Å². The maximum absolute atomic E-state index is 5.22. The molecule has 2 aromatic rings. The van der Waals surface area contributed by atoms with E-state index in [9.17, 15) is 0 Å². The summed E-state index contributed by atoms with van der Waals surface area (Å²) < 4.78 is 5.22. The van der Waals surface area contributed by atoms with Crippen molar-refractivity contribution in [1.29, 1.82) is 0 Å². The van der Waals surface area contributed by atoms with E-state index >= 15 is 0 Å². The summed E-state index contributed by atoms with van der Waals surface area (Å²) in [6, 6.07) is 2.04. The fraction of sp³-hybridized carbons (Fsp3) is 0.429. The average molecular weight is 277 g/mol. The molecular formula is C14H19N3OS. The zero-order valence-corrected chi connectivity index (χ0v) is 12.4. The third-order valence-corrected chi connectivity index (χ3v) is 4.04. The maximum atomic E-state index is 5.22. The van der Waals surface area contributed by atoms with Crippen molar-refractivity contribution in [1.82, 2.24) is 15.3 Å². The summed E-state index contributed by atoms with van der Waals surface area (Å²) in [5.74, 6) is 0. The molecule has 1 N–H and O–H groups in total. The van der Waals surface area contributed by atoms with Gasteiger partial charge in [-0.05, 0) is 25.1 Å². The number of nitrogens with one attached hydrogen (secondary N) is 1. The Balaban J connectivity index is 2.41. The molecule has 0 bridgehead atoms. The Bertz CT molecular complexity index is 516. The number of hydrogen-bond donors (Lipinski definition) is 1. The van der Waals surface area contributed by atoms with Gasteiger partial charge in [-0.1, -0.05) is 6.92 Å². The molecule has 2 aromatic heterocycles. The highest BCUT2D eigenvalue weighted by molar-refractivity contribution is 7.15. The fourth-order valence-electron chi connectivity index (χ4n) is 1.96. The van der Waals surface area contributed by atoms with Crippen LogP contribution in [0.1, 0.15) is 23.1 Å². The number of hydrogen-bond acceptors (Lipinski definition) is 5. The van der Waals surface area contributed by atoms with E-state index in [2.05, 4.69) is 17.2 Å². The number of pyridine rings is 1. The number of methoxy groups -OCH3 is 1. The molecule has 5 heteroatoms. The van der Waals surface area contributed by atoms with E-state index in [4.69, 9.17) is 9.72 Å². The molecule has 0 atom stereocenters. The molecular weight excluding hydrogens is 258 g/mol. The summed E-state index contributed by atoms with van der Waals surface area (Å²) in [6.07, 6.45) is 4.71. The average Bonchev–Trinajstić information content (AvgIpc) is 2.83.